The van der Waals surface area contributed by atoms with Crippen LogP contribution in [0, 0.1) is 17.0 Å². The number of carbonyl (C=O) groups is 1. The molecule has 31 heavy (non-hydrogen) atoms. The molecule has 2 aromatic rings. The first-order valence-corrected chi connectivity index (χ1v) is 11.5. The van der Waals surface area contributed by atoms with E-state index in [4.69, 9.17) is 4.74 Å². The molecular weight excluding hydrogens is 422 g/mol. The minimum absolute atomic E-state index is 0.0511. The van der Waals surface area contributed by atoms with Crippen LogP contribution in [0.2, 0.25) is 0 Å². The number of nitrogens with one attached hydrogen (secondary N) is 1. The predicted octanol–water partition coefficient (Wildman–Crippen LogP) is 3.09. The Balaban J connectivity index is 1.86. The highest BCUT2D eigenvalue weighted by atomic mass is 32.2. The number of amides is 1. The van der Waals surface area contributed by atoms with Crippen molar-refractivity contribution < 1.29 is 22.9 Å². The van der Waals surface area contributed by atoms with E-state index >= 15 is 0 Å². The van der Waals surface area contributed by atoms with Crippen LogP contribution in [0.4, 0.5) is 11.4 Å². The lowest BCUT2D eigenvalue weighted by Gasteiger charge is -2.38. The molecule has 1 unspecified atom stereocenters. The molecule has 1 atom stereocenters. The number of nitrogens with zero attached hydrogens (tertiary/aromatic N) is 2. The number of nitro groups is 1. The number of hydrogen-bond acceptors (Lipinski definition) is 6. The van der Waals surface area contributed by atoms with E-state index in [1.54, 1.807) is 0 Å². The van der Waals surface area contributed by atoms with Crippen LogP contribution in [0.25, 0.3) is 0 Å². The van der Waals surface area contributed by atoms with E-state index in [0.717, 1.165) is 27.8 Å². The van der Waals surface area contributed by atoms with E-state index in [9.17, 15) is 23.3 Å². The minimum Gasteiger partial charge on any atom is -0.487 e. The normalized spacial score (nSPS) is 17.2. The van der Waals surface area contributed by atoms with Crippen LogP contribution >= 0.6 is 0 Å². The van der Waals surface area contributed by atoms with Crippen LogP contribution in [0.1, 0.15) is 37.4 Å². The van der Waals surface area contributed by atoms with Gasteiger partial charge in [-0.05, 0) is 38.5 Å². The molecule has 166 valence electrons. The molecule has 9 nitrogen and oxygen atoms in total. The van der Waals surface area contributed by atoms with Gasteiger partial charge >= 0.3 is 0 Å². The smallest absolute Gasteiger partial charge is 0.271 e. The maximum absolute atomic E-state index is 12.9. The SMILES string of the molecule is Cc1ccc2c(c1)OC(C)(C)CC2NC(=O)CN(c1cccc([N+](=O)[O-])c1)S(C)(=O)=O. The number of ether oxygens (including phenoxy) is 1. The van der Waals surface area contributed by atoms with Gasteiger partial charge in [-0.1, -0.05) is 18.2 Å². The molecule has 0 aromatic heterocycles. The molecule has 3 rings (SSSR count). The fraction of sp³-hybridized carbons (Fsp3) is 0.381. The van der Waals surface area contributed by atoms with Gasteiger partial charge in [0.15, 0.2) is 0 Å². The van der Waals surface area contributed by atoms with Crippen LogP contribution in [0.5, 0.6) is 5.75 Å². The van der Waals surface area contributed by atoms with Crippen molar-refractivity contribution in [3.05, 3.63) is 63.7 Å². The van der Waals surface area contributed by atoms with Crippen molar-refractivity contribution in [2.24, 2.45) is 0 Å². The number of benzene rings is 2. The van der Waals surface area contributed by atoms with E-state index in [-0.39, 0.29) is 17.4 Å². The number of carbonyl (C=O) groups excluding carboxylic acids is 1. The highest BCUT2D eigenvalue weighted by Gasteiger charge is 2.35. The molecule has 0 saturated carbocycles. The van der Waals surface area contributed by atoms with E-state index < -0.39 is 33.0 Å². The monoisotopic (exact) mass is 447 g/mol. The summed E-state index contributed by atoms with van der Waals surface area (Å²) in [6, 6.07) is 10.5. The largest absolute Gasteiger partial charge is 0.487 e. The Hall–Kier alpha value is -3.14. The molecular formula is C21H25N3O6S. The van der Waals surface area contributed by atoms with Gasteiger partial charge in [0.2, 0.25) is 15.9 Å². The van der Waals surface area contributed by atoms with E-state index in [1.807, 2.05) is 39.0 Å². The summed E-state index contributed by atoms with van der Waals surface area (Å²) in [6.07, 6.45) is 1.46. The lowest BCUT2D eigenvalue weighted by molar-refractivity contribution is -0.384. The highest BCUT2D eigenvalue weighted by molar-refractivity contribution is 7.92. The molecule has 1 heterocycles. The molecule has 1 N–H and O–H groups in total. The summed E-state index contributed by atoms with van der Waals surface area (Å²) in [5.41, 5.74) is 1.11. The third-order valence-electron chi connectivity index (χ3n) is 4.98. The fourth-order valence-corrected chi connectivity index (χ4v) is 4.47. The summed E-state index contributed by atoms with van der Waals surface area (Å²) in [5.74, 6) is 0.159. The standard InChI is InChI=1S/C21H25N3O6S/c1-14-8-9-17-18(12-21(2,3)30-19(17)10-14)22-20(25)13-23(31(4,28)29)15-6-5-7-16(11-15)24(26)27/h5-11,18H,12-13H2,1-4H3,(H,22,25). The van der Waals surface area contributed by atoms with Crippen LogP contribution in [-0.4, -0.2) is 37.6 Å². The molecule has 1 amide bonds. The van der Waals surface area contributed by atoms with Crippen LogP contribution in [0.15, 0.2) is 42.5 Å². The van der Waals surface area contributed by atoms with Gasteiger partial charge in [0, 0.05) is 24.1 Å². The summed E-state index contributed by atoms with van der Waals surface area (Å²) in [6.45, 7) is 5.29. The summed E-state index contributed by atoms with van der Waals surface area (Å²) >= 11 is 0. The Labute approximate surface area is 181 Å². The second-order valence-electron chi connectivity index (χ2n) is 8.27. The van der Waals surface area contributed by atoms with Gasteiger partial charge in [-0.2, -0.15) is 0 Å². The number of aryl methyl sites for hydroxylation is 1. The Morgan fingerprint density at radius 1 is 1.29 bits per heavy atom. The highest BCUT2D eigenvalue weighted by Crippen LogP contribution is 2.39. The summed E-state index contributed by atoms with van der Waals surface area (Å²) in [5, 5.41) is 14.0. The second-order valence-corrected chi connectivity index (χ2v) is 10.2. The van der Waals surface area contributed by atoms with Crippen LogP contribution in [0.3, 0.4) is 0 Å². The Morgan fingerprint density at radius 3 is 2.65 bits per heavy atom. The number of rotatable bonds is 6. The number of sulfonamides is 1. The molecule has 1 aliphatic heterocycles. The summed E-state index contributed by atoms with van der Waals surface area (Å²) in [4.78, 5) is 23.3. The zero-order valence-corrected chi connectivity index (χ0v) is 18.6. The average Bonchev–Trinajstić information content (AvgIpc) is 2.64. The molecule has 0 aliphatic carbocycles. The number of non-ortho nitro benzene ring substituents is 1. The first-order chi connectivity index (χ1) is 14.4. The number of hydrogen-bond donors (Lipinski definition) is 1. The quantitative estimate of drug-likeness (QED) is 0.537. The van der Waals surface area contributed by atoms with Gasteiger partial charge in [0.05, 0.1) is 22.9 Å². The lowest BCUT2D eigenvalue weighted by atomic mass is 9.89. The first kappa shape index (κ1) is 22.5. The van der Waals surface area contributed by atoms with Crippen molar-refractivity contribution in [3.63, 3.8) is 0 Å². The van der Waals surface area contributed by atoms with Crippen LogP contribution < -0.4 is 14.4 Å². The van der Waals surface area contributed by atoms with Gasteiger partial charge < -0.3 is 10.1 Å². The molecule has 1 aliphatic rings. The van der Waals surface area contributed by atoms with Crippen LogP contribution in [-0.2, 0) is 14.8 Å². The summed E-state index contributed by atoms with van der Waals surface area (Å²) < 4.78 is 31.6. The molecule has 0 fully saturated rings. The zero-order valence-electron chi connectivity index (χ0n) is 17.8. The number of anilines is 1. The van der Waals surface area contributed by atoms with Crippen molar-refractivity contribution in [1.82, 2.24) is 5.32 Å². The van der Waals surface area contributed by atoms with E-state index in [0.29, 0.717) is 12.2 Å². The number of fused-ring (bicyclic) bond motifs is 1. The van der Waals surface area contributed by atoms with Gasteiger partial charge in [-0.3, -0.25) is 19.2 Å². The molecule has 0 bridgehead atoms. The second kappa shape index (κ2) is 8.18. The molecule has 0 saturated heterocycles. The van der Waals surface area contributed by atoms with Crippen molar-refractivity contribution in [2.45, 2.75) is 38.8 Å². The van der Waals surface area contributed by atoms with E-state index in [1.165, 1.54) is 18.2 Å². The zero-order chi connectivity index (χ0) is 23.0. The molecule has 2 aromatic carbocycles. The first-order valence-electron chi connectivity index (χ1n) is 9.67. The van der Waals surface area contributed by atoms with Gasteiger partial charge in [-0.25, -0.2) is 8.42 Å². The topological polar surface area (TPSA) is 119 Å². The van der Waals surface area contributed by atoms with Crippen molar-refractivity contribution >= 4 is 27.3 Å². The van der Waals surface area contributed by atoms with Crippen molar-refractivity contribution in [2.75, 3.05) is 17.1 Å². The fourth-order valence-electron chi connectivity index (χ4n) is 3.62. The maximum Gasteiger partial charge on any atom is 0.271 e. The molecule has 0 radical (unpaired) electrons. The summed E-state index contributed by atoms with van der Waals surface area (Å²) in [7, 11) is -3.86. The maximum atomic E-state index is 12.9. The van der Waals surface area contributed by atoms with Crippen molar-refractivity contribution in [1.29, 1.82) is 0 Å². The van der Waals surface area contributed by atoms with Gasteiger partial charge in [0.1, 0.15) is 17.9 Å². The lowest BCUT2D eigenvalue weighted by Crippen LogP contribution is -2.45. The van der Waals surface area contributed by atoms with Crippen molar-refractivity contribution in [3.8, 4) is 5.75 Å². The third kappa shape index (κ3) is 5.32. The Kier molecular flexibility index (Phi) is 5.95. The number of nitro benzene ring substituents is 1. The third-order valence-corrected chi connectivity index (χ3v) is 6.12. The molecule has 10 heteroatoms. The van der Waals surface area contributed by atoms with Gasteiger partial charge in [0.25, 0.3) is 5.69 Å². The Morgan fingerprint density at radius 2 is 2.00 bits per heavy atom. The minimum atomic E-state index is -3.86. The van der Waals surface area contributed by atoms with Gasteiger partial charge in [-0.15, -0.1) is 0 Å². The average molecular weight is 448 g/mol. The Bertz CT molecular complexity index is 1130. The molecule has 0 spiro atoms. The van der Waals surface area contributed by atoms with E-state index in [2.05, 4.69) is 5.32 Å². The predicted molar refractivity (Wildman–Crippen MR) is 117 cm³/mol.